The molecule has 3 rings (SSSR count). The molecule has 0 aromatic heterocycles. The van der Waals surface area contributed by atoms with Crippen LogP contribution in [0.5, 0.6) is 0 Å². The number of hydrogen-bond acceptors (Lipinski definition) is 10. The first-order chi connectivity index (χ1) is 20.6. The molecule has 10 nitrogen and oxygen atoms in total. The molecular weight excluding hydrogens is 606 g/mol. The van der Waals surface area contributed by atoms with Gasteiger partial charge >= 0.3 is 30.3 Å². The van der Waals surface area contributed by atoms with E-state index in [1.54, 1.807) is 0 Å². The van der Waals surface area contributed by atoms with Crippen LogP contribution in [0.4, 0.5) is 32.0 Å². The Hall–Kier alpha value is -4.47. The zero-order chi connectivity index (χ0) is 32.7. The van der Waals surface area contributed by atoms with Gasteiger partial charge < -0.3 is 23.7 Å². The maximum absolute atomic E-state index is 14.1. The lowest BCUT2D eigenvalue weighted by atomic mass is 9.96. The van der Waals surface area contributed by atoms with E-state index < -0.39 is 84.5 Å². The molecule has 0 N–H and O–H groups in total. The van der Waals surface area contributed by atoms with Crippen LogP contribution in [-0.2, 0) is 44.2 Å². The highest BCUT2D eigenvalue weighted by Gasteiger charge is 2.53. The molecule has 0 aliphatic carbocycles. The second-order valence-corrected chi connectivity index (χ2v) is 9.22. The lowest BCUT2D eigenvalue weighted by Gasteiger charge is -2.43. The third-order valence-electron chi connectivity index (χ3n) is 5.78. The van der Waals surface area contributed by atoms with E-state index >= 15 is 0 Å². The van der Waals surface area contributed by atoms with E-state index in [9.17, 15) is 40.7 Å². The largest absolute Gasteiger partial charge is 0.468 e. The fourth-order valence-electron chi connectivity index (χ4n) is 4.06. The Labute approximate surface area is 246 Å². The highest BCUT2D eigenvalue weighted by molar-refractivity contribution is 5.85. The zero-order valence-electron chi connectivity index (χ0n) is 23.3. The molecule has 5 atom stereocenters. The Kier molecular flexibility index (Phi) is 11.1. The first-order valence-electron chi connectivity index (χ1n) is 12.8. The summed E-state index contributed by atoms with van der Waals surface area (Å²) in [5.41, 5.74) is -1.81. The van der Waals surface area contributed by atoms with E-state index in [4.69, 9.17) is 23.7 Å². The van der Waals surface area contributed by atoms with Crippen LogP contribution in [0.3, 0.4) is 0 Å². The van der Waals surface area contributed by atoms with Crippen LogP contribution in [0.25, 0.3) is 0 Å². The Morgan fingerprint density at radius 1 is 0.818 bits per heavy atom. The highest BCUT2D eigenvalue weighted by atomic mass is 19.4. The summed E-state index contributed by atoms with van der Waals surface area (Å²) in [4.78, 5) is 43.1. The molecule has 44 heavy (non-hydrogen) atoms. The molecular formula is C28H26F6N2O8. The number of rotatable bonds is 8. The van der Waals surface area contributed by atoms with Crippen LogP contribution in [-0.4, -0.2) is 73.4 Å². The molecule has 238 valence electrons. The van der Waals surface area contributed by atoms with Crippen LogP contribution in [0.2, 0.25) is 0 Å². The minimum Gasteiger partial charge on any atom is -0.463 e. The number of halogens is 6. The molecule has 0 spiro atoms. The number of nitrogens with zero attached hydrogens (tertiary/aromatic N) is 2. The standard InChI is InChI=1S/C28H26F6N2O8/c1-15(37)40-14-21-23(41-16(2)38)24(42-17(3)39)22(35-13-18-9-7-8-12-20(18)27(29,30)31)25(43-21)44-26(28(32,33)34)36-19-10-5-4-6-11-19/h4-13,21-25H,14H2,1-3H3/t21-,22-,23+,24-,25?/m1/s1. The Morgan fingerprint density at radius 3 is 1.98 bits per heavy atom. The first kappa shape index (κ1) is 34.0. The van der Waals surface area contributed by atoms with Crippen LogP contribution in [0.1, 0.15) is 31.9 Å². The fourth-order valence-corrected chi connectivity index (χ4v) is 4.06. The summed E-state index contributed by atoms with van der Waals surface area (Å²) in [7, 11) is 0. The predicted octanol–water partition coefficient (Wildman–Crippen LogP) is 4.95. The van der Waals surface area contributed by atoms with Gasteiger partial charge in [0, 0.05) is 32.5 Å². The quantitative estimate of drug-likeness (QED) is 0.132. The van der Waals surface area contributed by atoms with Gasteiger partial charge in [0.2, 0.25) is 6.29 Å². The monoisotopic (exact) mass is 632 g/mol. The predicted molar refractivity (Wildman–Crippen MR) is 140 cm³/mol. The Balaban J connectivity index is 2.18. The summed E-state index contributed by atoms with van der Waals surface area (Å²) in [6, 6.07) is 9.11. The van der Waals surface area contributed by atoms with Crippen LogP contribution >= 0.6 is 0 Å². The summed E-state index contributed by atoms with van der Waals surface area (Å²) in [5.74, 6) is -4.68. The number of ether oxygens (including phenoxy) is 5. The molecule has 0 bridgehead atoms. The molecule has 1 fully saturated rings. The molecule has 1 heterocycles. The van der Waals surface area contributed by atoms with Crippen LogP contribution < -0.4 is 0 Å². The molecule has 1 aliphatic rings. The minimum absolute atomic E-state index is 0.180. The van der Waals surface area contributed by atoms with Crippen molar-refractivity contribution in [2.45, 2.75) is 63.8 Å². The molecule has 2 aromatic rings. The number of carbonyl (C=O) groups is 3. The van der Waals surface area contributed by atoms with Gasteiger partial charge in [0.25, 0.3) is 5.90 Å². The number of hydrogen-bond donors (Lipinski definition) is 0. The van der Waals surface area contributed by atoms with Crippen LogP contribution in [0.15, 0.2) is 64.6 Å². The van der Waals surface area contributed by atoms with E-state index in [1.807, 2.05) is 0 Å². The average Bonchev–Trinajstić information content (AvgIpc) is 2.91. The summed E-state index contributed by atoms with van der Waals surface area (Å²) < 4.78 is 110. The van der Waals surface area contributed by atoms with Gasteiger partial charge in [-0.15, -0.1) is 0 Å². The second kappa shape index (κ2) is 14.3. The van der Waals surface area contributed by atoms with Gasteiger partial charge in [-0.05, 0) is 18.2 Å². The van der Waals surface area contributed by atoms with Crippen molar-refractivity contribution in [3.63, 3.8) is 0 Å². The van der Waals surface area contributed by atoms with Crippen LogP contribution in [0, 0.1) is 0 Å². The summed E-state index contributed by atoms with van der Waals surface area (Å²) >= 11 is 0. The molecule has 1 aliphatic heterocycles. The van der Waals surface area contributed by atoms with Crippen molar-refractivity contribution in [3.8, 4) is 0 Å². The van der Waals surface area contributed by atoms with E-state index in [0.29, 0.717) is 6.21 Å². The molecule has 1 unspecified atom stereocenters. The van der Waals surface area contributed by atoms with Crippen molar-refractivity contribution >= 4 is 35.7 Å². The molecule has 0 amide bonds. The third kappa shape index (κ3) is 9.52. The first-order valence-corrected chi connectivity index (χ1v) is 12.8. The van der Waals surface area contributed by atoms with Crippen molar-refractivity contribution in [2.75, 3.05) is 6.61 Å². The number of carbonyl (C=O) groups excluding carboxylic acids is 3. The average molecular weight is 633 g/mol. The minimum atomic E-state index is -5.23. The SMILES string of the molecule is CC(=O)OC[C@H]1OC(OC(=Nc2ccccc2)C(F)(F)F)[C@H](N=Cc2ccccc2C(F)(F)F)[C@@H](OC(C)=O)[C@H]1OC(C)=O. The number of para-hydroxylation sites is 1. The van der Waals surface area contributed by atoms with Gasteiger partial charge in [-0.25, -0.2) is 4.99 Å². The van der Waals surface area contributed by atoms with Crippen molar-refractivity contribution in [1.29, 1.82) is 0 Å². The molecule has 16 heteroatoms. The lowest BCUT2D eigenvalue weighted by molar-refractivity contribution is -0.260. The summed E-state index contributed by atoms with van der Waals surface area (Å²) in [6.07, 6.45) is -16.6. The molecule has 1 saturated heterocycles. The van der Waals surface area contributed by atoms with Crippen molar-refractivity contribution in [1.82, 2.24) is 0 Å². The van der Waals surface area contributed by atoms with Gasteiger partial charge in [0.05, 0.1) is 11.3 Å². The Morgan fingerprint density at radius 2 is 1.41 bits per heavy atom. The van der Waals surface area contributed by atoms with Crippen molar-refractivity contribution in [2.24, 2.45) is 9.98 Å². The second-order valence-electron chi connectivity index (χ2n) is 9.22. The zero-order valence-corrected chi connectivity index (χ0v) is 23.3. The van der Waals surface area contributed by atoms with Crippen molar-refractivity contribution < 1.29 is 64.4 Å². The van der Waals surface area contributed by atoms with Gasteiger partial charge in [-0.3, -0.25) is 19.4 Å². The Bertz CT molecular complexity index is 1380. The number of esters is 3. The molecule has 2 aromatic carbocycles. The van der Waals surface area contributed by atoms with Crippen molar-refractivity contribution in [3.05, 3.63) is 65.7 Å². The topological polar surface area (TPSA) is 122 Å². The number of aliphatic imine (C=N–C) groups is 2. The van der Waals surface area contributed by atoms with E-state index in [2.05, 4.69) is 9.98 Å². The van der Waals surface area contributed by atoms with Gasteiger partial charge in [-0.2, -0.15) is 26.3 Å². The van der Waals surface area contributed by atoms with E-state index in [1.165, 1.54) is 36.4 Å². The smallest absolute Gasteiger partial charge is 0.463 e. The molecule has 0 saturated carbocycles. The van der Waals surface area contributed by atoms with E-state index in [-0.39, 0.29) is 5.69 Å². The summed E-state index contributed by atoms with van der Waals surface area (Å²) in [5, 5.41) is 0. The van der Waals surface area contributed by atoms with Gasteiger partial charge in [0.1, 0.15) is 12.7 Å². The lowest BCUT2D eigenvalue weighted by Crippen LogP contribution is -2.62. The normalized spacial score (nSPS) is 22.8. The van der Waals surface area contributed by atoms with Gasteiger partial charge in [-0.1, -0.05) is 36.4 Å². The maximum Gasteiger partial charge on any atom is 0.468 e. The number of alkyl halides is 6. The highest BCUT2D eigenvalue weighted by Crippen LogP contribution is 2.34. The molecule has 0 radical (unpaired) electrons. The summed E-state index contributed by atoms with van der Waals surface area (Å²) in [6.45, 7) is 2.19. The van der Waals surface area contributed by atoms with E-state index in [0.717, 1.165) is 39.0 Å². The maximum atomic E-state index is 14.1. The number of benzene rings is 2. The third-order valence-corrected chi connectivity index (χ3v) is 5.78. The fraction of sp³-hybridized carbons (Fsp3) is 0.393. The van der Waals surface area contributed by atoms with Gasteiger partial charge in [0.15, 0.2) is 18.2 Å².